The molecule has 3 heterocycles. The highest BCUT2D eigenvalue weighted by molar-refractivity contribution is 9.10. The fraction of sp³-hybridized carbons (Fsp3) is 0.200. The number of carbonyl (C=O) groups is 1. The molecule has 2 aromatic heterocycles. The van der Waals surface area contributed by atoms with Gasteiger partial charge in [-0.05, 0) is 28.1 Å². The summed E-state index contributed by atoms with van der Waals surface area (Å²) in [5.74, 6) is 0.0329. The molecule has 21 heavy (non-hydrogen) atoms. The Balaban J connectivity index is 1.65. The Kier molecular flexibility index (Phi) is 2.85. The number of para-hydroxylation sites is 1. The Labute approximate surface area is 129 Å². The maximum Gasteiger partial charge on any atom is 0.270 e. The van der Waals surface area contributed by atoms with Gasteiger partial charge in [0.05, 0.1) is 29.5 Å². The first-order valence-corrected chi connectivity index (χ1v) is 7.59. The van der Waals surface area contributed by atoms with Gasteiger partial charge in [0, 0.05) is 17.4 Å². The Morgan fingerprint density at radius 2 is 2.14 bits per heavy atom. The molecule has 0 unspecified atom stereocenters. The lowest BCUT2D eigenvalue weighted by atomic mass is 10.2. The minimum atomic E-state index is 0.0329. The number of carbonyl (C=O) groups excluding carboxylic acids is 1. The summed E-state index contributed by atoms with van der Waals surface area (Å²) in [4.78, 5) is 17.7. The monoisotopic (exact) mass is 344 g/mol. The third-order valence-corrected chi connectivity index (χ3v) is 4.53. The molecule has 1 aliphatic rings. The summed E-state index contributed by atoms with van der Waals surface area (Å²) in [5, 5.41) is 5.34. The van der Waals surface area contributed by atoms with E-state index in [0.29, 0.717) is 18.8 Å². The summed E-state index contributed by atoms with van der Waals surface area (Å²) < 4.78 is 2.90. The third kappa shape index (κ3) is 2.06. The minimum Gasteiger partial charge on any atom is -0.351 e. The van der Waals surface area contributed by atoms with Crippen LogP contribution < -0.4 is 0 Å². The maximum atomic E-state index is 12.7. The van der Waals surface area contributed by atoms with Gasteiger partial charge in [-0.2, -0.15) is 5.10 Å². The number of halogens is 1. The molecule has 1 N–H and O–H groups in total. The van der Waals surface area contributed by atoms with Crippen LogP contribution in [0.15, 0.2) is 41.0 Å². The van der Waals surface area contributed by atoms with E-state index in [1.54, 1.807) is 6.20 Å². The summed E-state index contributed by atoms with van der Waals surface area (Å²) in [7, 11) is 0. The van der Waals surface area contributed by atoms with E-state index in [0.717, 1.165) is 27.6 Å². The molecule has 0 radical (unpaired) electrons. The summed E-state index contributed by atoms with van der Waals surface area (Å²) in [6, 6.07) is 9.84. The molecule has 4 rings (SSSR count). The summed E-state index contributed by atoms with van der Waals surface area (Å²) >= 11 is 3.48. The van der Waals surface area contributed by atoms with E-state index in [1.165, 1.54) is 0 Å². The average molecular weight is 345 g/mol. The normalized spacial score (nSPS) is 14.4. The van der Waals surface area contributed by atoms with E-state index in [9.17, 15) is 4.79 Å². The standard InChI is InChI=1S/C15H13BrN4O/c16-11-8-17-20-6-5-19(9-14(11)20)15(21)13-7-10-3-1-2-4-12(10)18-13/h1-4,7-8,18H,5-6,9H2. The largest absolute Gasteiger partial charge is 0.351 e. The van der Waals surface area contributed by atoms with Crippen molar-refractivity contribution in [1.29, 1.82) is 0 Å². The summed E-state index contributed by atoms with van der Waals surface area (Å²) in [6.07, 6.45) is 1.78. The van der Waals surface area contributed by atoms with Gasteiger partial charge < -0.3 is 9.88 Å². The van der Waals surface area contributed by atoms with E-state index in [4.69, 9.17) is 0 Å². The molecule has 3 aromatic rings. The van der Waals surface area contributed by atoms with Gasteiger partial charge in [-0.25, -0.2) is 0 Å². The highest BCUT2D eigenvalue weighted by Gasteiger charge is 2.24. The lowest BCUT2D eigenvalue weighted by Crippen LogP contribution is -2.38. The smallest absolute Gasteiger partial charge is 0.270 e. The van der Waals surface area contributed by atoms with Gasteiger partial charge >= 0.3 is 0 Å². The second-order valence-electron chi connectivity index (χ2n) is 5.16. The van der Waals surface area contributed by atoms with Crippen molar-refractivity contribution in [2.45, 2.75) is 13.1 Å². The molecule has 1 aromatic carbocycles. The molecule has 0 fully saturated rings. The Hall–Kier alpha value is -2.08. The molecule has 0 saturated carbocycles. The van der Waals surface area contributed by atoms with Crippen LogP contribution in [0.1, 0.15) is 16.2 Å². The van der Waals surface area contributed by atoms with Crippen molar-refractivity contribution >= 4 is 32.7 Å². The number of nitrogens with zero attached hydrogens (tertiary/aromatic N) is 3. The molecule has 0 bridgehead atoms. The first kappa shape index (κ1) is 12.6. The highest BCUT2D eigenvalue weighted by Crippen LogP contribution is 2.23. The molecule has 0 saturated heterocycles. The predicted octanol–water partition coefficient (Wildman–Crippen LogP) is 2.78. The molecule has 106 valence electrons. The molecule has 5 nitrogen and oxygen atoms in total. The number of nitrogens with one attached hydrogen (secondary N) is 1. The van der Waals surface area contributed by atoms with Crippen molar-refractivity contribution in [1.82, 2.24) is 19.7 Å². The van der Waals surface area contributed by atoms with Crippen LogP contribution in [-0.4, -0.2) is 32.1 Å². The molecule has 1 aliphatic heterocycles. The van der Waals surface area contributed by atoms with Crippen molar-refractivity contribution in [3.05, 3.63) is 52.4 Å². The van der Waals surface area contributed by atoms with Crippen molar-refractivity contribution in [2.75, 3.05) is 6.54 Å². The van der Waals surface area contributed by atoms with Crippen molar-refractivity contribution < 1.29 is 4.79 Å². The summed E-state index contributed by atoms with van der Waals surface area (Å²) in [5.41, 5.74) is 2.68. The van der Waals surface area contributed by atoms with Crippen LogP contribution in [0.3, 0.4) is 0 Å². The van der Waals surface area contributed by atoms with Gasteiger partial charge in [-0.3, -0.25) is 9.48 Å². The zero-order valence-corrected chi connectivity index (χ0v) is 12.8. The second-order valence-corrected chi connectivity index (χ2v) is 6.01. The molecule has 6 heteroatoms. The topological polar surface area (TPSA) is 53.9 Å². The first-order chi connectivity index (χ1) is 10.2. The van der Waals surface area contributed by atoms with Crippen LogP contribution in [0.5, 0.6) is 0 Å². The first-order valence-electron chi connectivity index (χ1n) is 6.79. The van der Waals surface area contributed by atoms with Crippen molar-refractivity contribution in [3.8, 4) is 0 Å². The van der Waals surface area contributed by atoms with Crippen molar-refractivity contribution in [2.24, 2.45) is 0 Å². The van der Waals surface area contributed by atoms with Crippen LogP contribution in [0, 0.1) is 0 Å². The van der Waals surface area contributed by atoms with Gasteiger partial charge in [0.25, 0.3) is 5.91 Å². The quantitative estimate of drug-likeness (QED) is 0.737. The number of fused-ring (bicyclic) bond motifs is 2. The van der Waals surface area contributed by atoms with Crippen molar-refractivity contribution in [3.63, 3.8) is 0 Å². The Bertz CT molecular complexity index is 802. The number of rotatable bonds is 1. The fourth-order valence-corrected chi connectivity index (χ4v) is 3.17. The lowest BCUT2D eigenvalue weighted by molar-refractivity contribution is 0.0700. The molecular formula is C15H13BrN4O. The zero-order valence-electron chi connectivity index (χ0n) is 11.2. The number of hydrogen-bond acceptors (Lipinski definition) is 2. The number of hydrogen-bond donors (Lipinski definition) is 1. The van der Waals surface area contributed by atoms with E-state index in [-0.39, 0.29) is 5.91 Å². The zero-order chi connectivity index (χ0) is 14.4. The van der Waals surface area contributed by atoms with Gasteiger partial charge in [-0.1, -0.05) is 18.2 Å². The van der Waals surface area contributed by atoms with Crippen LogP contribution >= 0.6 is 15.9 Å². The minimum absolute atomic E-state index is 0.0329. The maximum absolute atomic E-state index is 12.7. The summed E-state index contributed by atoms with van der Waals surface area (Å²) in [6.45, 7) is 1.98. The molecule has 0 spiro atoms. The van der Waals surface area contributed by atoms with E-state index >= 15 is 0 Å². The number of benzene rings is 1. The molecule has 0 atom stereocenters. The van der Waals surface area contributed by atoms with E-state index < -0.39 is 0 Å². The average Bonchev–Trinajstić information content (AvgIpc) is 3.10. The number of aromatic nitrogens is 3. The van der Waals surface area contributed by atoms with Crippen LogP contribution in [0.2, 0.25) is 0 Å². The molecular weight excluding hydrogens is 332 g/mol. The third-order valence-electron chi connectivity index (χ3n) is 3.87. The van der Waals surface area contributed by atoms with Gasteiger partial charge in [0.15, 0.2) is 0 Å². The fourth-order valence-electron chi connectivity index (χ4n) is 2.75. The van der Waals surface area contributed by atoms with Crippen LogP contribution in [0.4, 0.5) is 0 Å². The Morgan fingerprint density at radius 1 is 1.29 bits per heavy atom. The molecule has 1 amide bonds. The second kappa shape index (κ2) is 4.73. The van der Waals surface area contributed by atoms with Gasteiger partial charge in [-0.15, -0.1) is 0 Å². The van der Waals surface area contributed by atoms with Crippen LogP contribution in [-0.2, 0) is 13.1 Å². The number of H-pyrrole nitrogens is 1. The SMILES string of the molecule is O=C(c1cc2ccccc2[nH]1)N1CCn2ncc(Br)c2C1. The highest BCUT2D eigenvalue weighted by atomic mass is 79.9. The lowest BCUT2D eigenvalue weighted by Gasteiger charge is -2.27. The number of amides is 1. The predicted molar refractivity (Wildman–Crippen MR) is 83.0 cm³/mol. The number of aromatic amines is 1. The van der Waals surface area contributed by atoms with E-state index in [2.05, 4.69) is 26.0 Å². The van der Waals surface area contributed by atoms with E-state index in [1.807, 2.05) is 39.9 Å². The van der Waals surface area contributed by atoms with Gasteiger partial charge in [0.1, 0.15) is 5.69 Å². The van der Waals surface area contributed by atoms with Crippen LogP contribution in [0.25, 0.3) is 10.9 Å². The molecule has 0 aliphatic carbocycles. The van der Waals surface area contributed by atoms with Gasteiger partial charge in [0.2, 0.25) is 0 Å². The Morgan fingerprint density at radius 3 is 3.00 bits per heavy atom.